The summed E-state index contributed by atoms with van der Waals surface area (Å²) in [7, 11) is 0. The molecule has 0 N–H and O–H groups in total. The first-order valence-corrected chi connectivity index (χ1v) is 7.69. The molecule has 2 aromatic rings. The third-order valence-corrected chi connectivity index (χ3v) is 4.31. The highest BCUT2D eigenvalue weighted by atomic mass is 35.5. The Morgan fingerprint density at radius 2 is 1.71 bits per heavy atom. The summed E-state index contributed by atoms with van der Waals surface area (Å²) in [4.78, 5) is 14.8. The van der Waals surface area contributed by atoms with Crippen molar-refractivity contribution in [3.63, 3.8) is 0 Å². The molecule has 1 saturated carbocycles. The van der Waals surface area contributed by atoms with E-state index in [0.717, 1.165) is 5.69 Å². The average molecular weight is 300 g/mol. The normalized spacial score (nSPS) is 15.5. The van der Waals surface area contributed by atoms with Crippen molar-refractivity contribution in [2.75, 3.05) is 4.90 Å². The van der Waals surface area contributed by atoms with Gasteiger partial charge in [-0.05, 0) is 62.1 Å². The van der Waals surface area contributed by atoms with E-state index in [0.29, 0.717) is 16.5 Å². The average Bonchev–Trinajstić information content (AvgIpc) is 3.34. The zero-order chi connectivity index (χ0) is 14.8. The van der Waals surface area contributed by atoms with Crippen LogP contribution < -0.4 is 4.90 Å². The number of para-hydroxylation sites is 1. The van der Waals surface area contributed by atoms with Gasteiger partial charge in [0.1, 0.15) is 0 Å². The highest BCUT2D eigenvalue weighted by molar-refractivity contribution is 6.30. The van der Waals surface area contributed by atoms with Gasteiger partial charge in [0.2, 0.25) is 0 Å². The van der Waals surface area contributed by atoms with Gasteiger partial charge in [-0.2, -0.15) is 0 Å². The standard InChI is InChI=1S/C18H18ClNO/c1-13(14-7-8-14)20(17-5-3-2-4-6-17)18(21)15-9-11-16(19)12-10-15/h2-6,9-14H,7-8H2,1H3. The topological polar surface area (TPSA) is 20.3 Å². The van der Waals surface area contributed by atoms with Crippen LogP contribution in [0.3, 0.4) is 0 Å². The van der Waals surface area contributed by atoms with Crippen LogP contribution in [-0.2, 0) is 0 Å². The fourth-order valence-corrected chi connectivity index (χ4v) is 2.77. The van der Waals surface area contributed by atoms with Crippen molar-refractivity contribution in [1.82, 2.24) is 0 Å². The minimum Gasteiger partial charge on any atom is -0.305 e. The molecule has 1 aliphatic carbocycles. The highest BCUT2D eigenvalue weighted by Crippen LogP contribution is 2.37. The second-order valence-corrected chi connectivity index (χ2v) is 6.03. The maximum absolute atomic E-state index is 12.9. The second kappa shape index (κ2) is 5.90. The lowest BCUT2D eigenvalue weighted by Crippen LogP contribution is -2.40. The maximum Gasteiger partial charge on any atom is 0.258 e. The Hall–Kier alpha value is -1.80. The van der Waals surface area contributed by atoms with E-state index in [9.17, 15) is 4.79 Å². The van der Waals surface area contributed by atoms with Gasteiger partial charge >= 0.3 is 0 Å². The van der Waals surface area contributed by atoms with Gasteiger partial charge in [-0.15, -0.1) is 0 Å². The predicted octanol–water partition coefficient (Wildman–Crippen LogP) is 4.79. The van der Waals surface area contributed by atoms with Gasteiger partial charge in [0.15, 0.2) is 0 Å². The van der Waals surface area contributed by atoms with Crippen molar-refractivity contribution in [1.29, 1.82) is 0 Å². The third kappa shape index (κ3) is 3.11. The summed E-state index contributed by atoms with van der Waals surface area (Å²) < 4.78 is 0. The fourth-order valence-electron chi connectivity index (χ4n) is 2.65. The first kappa shape index (κ1) is 14.2. The number of amides is 1. The van der Waals surface area contributed by atoms with E-state index in [2.05, 4.69) is 6.92 Å². The van der Waals surface area contributed by atoms with Crippen LogP contribution in [-0.4, -0.2) is 11.9 Å². The number of rotatable bonds is 4. The van der Waals surface area contributed by atoms with E-state index >= 15 is 0 Å². The molecule has 0 spiro atoms. The Morgan fingerprint density at radius 1 is 1.10 bits per heavy atom. The third-order valence-electron chi connectivity index (χ3n) is 4.06. The summed E-state index contributed by atoms with van der Waals surface area (Å²) in [5, 5.41) is 0.646. The maximum atomic E-state index is 12.9. The Balaban J connectivity index is 1.94. The van der Waals surface area contributed by atoms with E-state index in [1.807, 2.05) is 35.2 Å². The van der Waals surface area contributed by atoms with E-state index < -0.39 is 0 Å². The second-order valence-electron chi connectivity index (χ2n) is 5.60. The molecule has 108 valence electrons. The summed E-state index contributed by atoms with van der Waals surface area (Å²) in [6.07, 6.45) is 2.41. The molecule has 2 nitrogen and oxygen atoms in total. The monoisotopic (exact) mass is 299 g/mol. The SMILES string of the molecule is CC(C1CC1)N(C(=O)c1ccc(Cl)cc1)c1ccccc1. The lowest BCUT2D eigenvalue weighted by molar-refractivity contribution is 0.0975. The number of hydrogen-bond donors (Lipinski definition) is 0. The van der Waals surface area contributed by atoms with E-state index in [1.54, 1.807) is 24.3 Å². The highest BCUT2D eigenvalue weighted by Gasteiger charge is 2.35. The number of hydrogen-bond acceptors (Lipinski definition) is 1. The van der Waals surface area contributed by atoms with Crippen LogP contribution in [0, 0.1) is 5.92 Å². The molecule has 1 atom stereocenters. The molecule has 3 heteroatoms. The van der Waals surface area contributed by atoms with Crippen molar-refractivity contribution < 1.29 is 4.79 Å². The molecule has 0 aliphatic heterocycles. The number of nitrogens with zero attached hydrogens (tertiary/aromatic N) is 1. The summed E-state index contributed by atoms with van der Waals surface area (Å²) in [5.41, 5.74) is 1.63. The molecule has 3 rings (SSSR count). The fraction of sp³-hybridized carbons (Fsp3) is 0.278. The number of halogens is 1. The molecule has 0 bridgehead atoms. The van der Waals surface area contributed by atoms with Crippen molar-refractivity contribution in [2.45, 2.75) is 25.8 Å². The van der Waals surface area contributed by atoms with Crippen LogP contribution in [0.2, 0.25) is 5.02 Å². The number of anilines is 1. The van der Waals surface area contributed by atoms with Crippen molar-refractivity contribution in [3.8, 4) is 0 Å². The van der Waals surface area contributed by atoms with Crippen molar-refractivity contribution in [2.24, 2.45) is 5.92 Å². The number of carbonyl (C=O) groups is 1. The molecule has 0 aromatic heterocycles. The van der Waals surface area contributed by atoms with Crippen molar-refractivity contribution >= 4 is 23.2 Å². The summed E-state index contributed by atoms with van der Waals surface area (Å²) in [6, 6.07) is 17.2. The van der Waals surface area contributed by atoms with Gasteiger partial charge in [0.05, 0.1) is 0 Å². The Morgan fingerprint density at radius 3 is 2.29 bits per heavy atom. The van der Waals surface area contributed by atoms with Gasteiger partial charge in [-0.3, -0.25) is 4.79 Å². The number of carbonyl (C=O) groups excluding carboxylic acids is 1. The lowest BCUT2D eigenvalue weighted by Gasteiger charge is -2.29. The van der Waals surface area contributed by atoms with Crippen LogP contribution in [0.5, 0.6) is 0 Å². The quantitative estimate of drug-likeness (QED) is 0.795. The molecule has 1 fully saturated rings. The van der Waals surface area contributed by atoms with E-state index in [4.69, 9.17) is 11.6 Å². The molecule has 0 heterocycles. The molecule has 1 aliphatic rings. The summed E-state index contributed by atoms with van der Waals surface area (Å²) in [6.45, 7) is 2.14. The predicted molar refractivity (Wildman–Crippen MR) is 86.9 cm³/mol. The van der Waals surface area contributed by atoms with Crippen LogP contribution >= 0.6 is 11.6 Å². The van der Waals surface area contributed by atoms with Crippen LogP contribution in [0.15, 0.2) is 54.6 Å². The van der Waals surface area contributed by atoms with E-state index in [1.165, 1.54) is 12.8 Å². The molecular formula is C18H18ClNO. The largest absolute Gasteiger partial charge is 0.305 e. The molecule has 0 radical (unpaired) electrons. The summed E-state index contributed by atoms with van der Waals surface area (Å²) in [5.74, 6) is 0.652. The van der Waals surface area contributed by atoms with Crippen LogP contribution in [0.4, 0.5) is 5.69 Å². The van der Waals surface area contributed by atoms with Gasteiger partial charge in [-0.1, -0.05) is 29.8 Å². The Labute approximate surface area is 130 Å². The molecule has 2 aromatic carbocycles. The zero-order valence-electron chi connectivity index (χ0n) is 12.0. The smallest absolute Gasteiger partial charge is 0.258 e. The van der Waals surface area contributed by atoms with Crippen LogP contribution in [0.25, 0.3) is 0 Å². The van der Waals surface area contributed by atoms with Gasteiger partial charge in [-0.25, -0.2) is 0 Å². The lowest BCUT2D eigenvalue weighted by atomic mass is 10.1. The van der Waals surface area contributed by atoms with Crippen LogP contribution in [0.1, 0.15) is 30.1 Å². The zero-order valence-corrected chi connectivity index (χ0v) is 12.8. The van der Waals surface area contributed by atoms with Gasteiger partial charge < -0.3 is 4.90 Å². The van der Waals surface area contributed by atoms with E-state index in [-0.39, 0.29) is 11.9 Å². The number of benzene rings is 2. The molecule has 0 saturated heterocycles. The molecule has 1 unspecified atom stereocenters. The molecular weight excluding hydrogens is 282 g/mol. The van der Waals surface area contributed by atoms with Crippen molar-refractivity contribution in [3.05, 3.63) is 65.2 Å². The Bertz CT molecular complexity index is 619. The summed E-state index contributed by atoms with van der Waals surface area (Å²) >= 11 is 5.91. The molecule has 21 heavy (non-hydrogen) atoms. The Kier molecular flexibility index (Phi) is 3.98. The van der Waals surface area contributed by atoms with Gasteiger partial charge in [0, 0.05) is 22.3 Å². The minimum absolute atomic E-state index is 0.0391. The molecule has 1 amide bonds. The van der Waals surface area contributed by atoms with Gasteiger partial charge in [0.25, 0.3) is 5.91 Å². The first-order valence-electron chi connectivity index (χ1n) is 7.31. The minimum atomic E-state index is 0.0391. The first-order chi connectivity index (χ1) is 10.2.